The van der Waals surface area contributed by atoms with Crippen molar-refractivity contribution in [3.63, 3.8) is 0 Å². The van der Waals surface area contributed by atoms with Crippen LogP contribution in [0.4, 0.5) is 0 Å². The van der Waals surface area contributed by atoms with E-state index in [4.69, 9.17) is 10.5 Å². The van der Waals surface area contributed by atoms with Gasteiger partial charge in [0, 0.05) is 23.3 Å². The molecule has 1 aromatic carbocycles. The van der Waals surface area contributed by atoms with E-state index in [1.165, 1.54) is 16.5 Å². The minimum atomic E-state index is 0.314. The highest BCUT2D eigenvalue weighted by Gasteiger charge is 2.19. The lowest BCUT2D eigenvalue weighted by atomic mass is 9.93. The van der Waals surface area contributed by atoms with Gasteiger partial charge in [-0.25, -0.2) is 0 Å². The van der Waals surface area contributed by atoms with Crippen molar-refractivity contribution in [3.8, 4) is 5.75 Å². The smallest absolute Gasteiger partial charge is 0.120 e. The van der Waals surface area contributed by atoms with Gasteiger partial charge < -0.3 is 10.5 Å². The molecule has 0 spiro atoms. The van der Waals surface area contributed by atoms with E-state index in [0.717, 1.165) is 37.9 Å². The topological polar surface area (TPSA) is 48.1 Å². The number of fused-ring (bicyclic) bond motifs is 1. The number of hydrogen-bond acceptors (Lipinski definition) is 3. The van der Waals surface area contributed by atoms with Gasteiger partial charge in [-0.05, 0) is 67.7 Å². The molecule has 1 aliphatic rings. The Labute approximate surface area is 132 Å². The first-order chi connectivity index (χ1) is 10.6. The van der Waals surface area contributed by atoms with E-state index in [1.807, 2.05) is 6.20 Å². The van der Waals surface area contributed by atoms with Gasteiger partial charge in [-0.15, -0.1) is 0 Å². The largest absolute Gasteiger partial charge is 0.490 e. The number of nitrogens with zero attached hydrogens (tertiary/aromatic N) is 1. The molecule has 2 aromatic rings. The monoisotopic (exact) mass is 298 g/mol. The summed E-state index contributed by atoms with van der Waals surface area (Å²) in [6, 6.07) is 8.82. The van der Waals surface area contributed by atoms with Crippen LogP contribution in [0.2, 0.25) is 0 Å². The first-order valence-electron chi connectivity index (χ1n) is 8.41. The number of pyridine rings is 1. The van der Waals surface area contributed by atoms with Crippen LogP contribution in [-0.4, -0.2) is 17.1 Å². The molecule has 1 heterocycles. The van der Waals surface area contributed by atoms with Crippen LogP contribution in [0.3, 0.4) is 0 Å². The average Bonchev–Trinajstić information content (AvgIpc) is 2.49. The van der Waals surface area contributed by atoms with Crippen molar-refractivity contribution >= 4 is 10.8 Å². The molecular formula is C19H26N2O. The molecule has 2 N–H and O–H groups in total. The number of ether oxygens (including phenoxy) is 1. The lowest BCUT2D eigenvalue weighted by Crippen LogP contribution is -2.31. The van der Waals surface area contributed by atoms with Gasteiger partial charge in [0.2, 0.25) is 0 Å². The van der Waals surface area contributed by atoms with Crippen molar-refractivity contribution in [2.45, 2.75) is 58.1 Å². The van der Waals surface area contributed by atoms with Crippen LogP contribution in [0, 0.1) is 5.92 Å². The number of aromatic nitrogens is 1. The van der Waals surface area contributed by atoms with E-state index in [1.54, 1.807) is 0 Å². The van der Waals surface area contributed by atoms with Crippen molar-refractivity contribution in [1.82, 2.24) is 4.98 Å². The van der Waals surface area contributed by atoms with Gasteiger partial charge in [-0.2, -0.15) is 0 Å². The second-order valence-corrected chi connectivity index (χ2v) is 6.89. The average molecular weight is 298 g/mol. The van der Waals surface area contributed by atoms with Gasteiger partial charge in [0.25, 0.3) is 0 Å². The predicted molar refractivity (Wildman–Crippen MR) is 91.1 cm³/mol. The number of nitrogens with two attached hydrogens (primary N) is 1. The van der Waals surface area contributed by atoms with Crippen LogP contribution in [0.5, 0.6) is 5.75 Å². The quantitative estimate of drug-likeness (QED) is 0.925. The number of hydrogen-bond donors (Lipinski definition) is 1. The summed E-state index contributed by atoms with van der Waals surface area (Å²) in [5.41, 5.74) is 7.14. The fraction of sp³-hybridized carbons (Fsp3) is 0.526. The lowest BCUT2D eigenvalue weighted by molar-refractivity contribution is 0.147. The van der Waals surface area contributed by atoms with E-state index in [-0.39, 0.29) is 0 Å². The van der Waals surface area contributed by atoms with Crippen LogP contribution in [0.15, 0.2) is 30.5 Å². The first kappa shape index (κ1) is 15.3. The Bertz CT molecular complexity index is 630. The minimum absolute atomic E-state index is 0.314. The Kier molecular flexibility index (Phi) is 4.63. The molecule has 0 amide bonds. The molecule has 1 fully saturated rings. The molecule has 3 rings (SSSR count). The van der Waals surface area contributed by atoms with Gasteiger partial charge in [0.1, 0.15) is 5.75 Å². The van der Waals surface area contributed by atoms with Crippen molar-refractivity contribution in [2.75, 3.05) is 0 Å². The Morgan fingerprint density at radius 3 is 2.68 bits per heavy atom. The summed E-state index contributed by atoms with van der Waals surface area (Å²) in [6.45, 7) is 4.46. The van der Waals surface area contributed by atoms with Crippen LogP contribution >= 0.6 is 0 Å². The summed E-state index contributed by atoms with van der Waals surface area (Å²) < 4.78 is 6.16. The molecule has 1 aliphatic carbocycles. The Hall–Kier alpha value is -1.61. The van der Waals surface area contributed by atoms with Crippen LogP contribution in [-0.2, 0) is 6.42 Å². The zero-order chi connectivity index (χ0) is 15.5. The molecule has 0 unspecified atom stereocenters. The van der Waals surface area contributed by atoms with E-state index < -0.39 is 0 Å². The maximum atomic E-state index is 6.16. The van der Waals surface area contributed by atoms with Crippen LogP contribution < -0.4 is 10.5 Å². The zero-order valence-electron chi connectivity index (χ0n) is 13.6. The highest BCUT2D eigenvalue weighted by molar-refractivity contribution is 5.85. The maximum absolute atomic E-state index is 6.16. The second kappa shape index (κ2) is 6.66. The van der Waals surface area contributed by atoms with Crippen molar-refractivity contribution in [1.29, 1.82) is 0 Å². The molecule has 3 heteroatoms. The summed E-state index contributed by atoms with van der Waals surface area (Å²) in [4.78, 5) is 4.55. The molecule has 1 saturated carbocycles. The van der Waals surface area contributed by atoms with Crippen molar-refractivity contribution in [2.24, 2.45) is 11.7 Å². The molecule has 3 nitrogen and oxygen atoms in total. The Morgan fingerprint density at radius 2 is 1.95 bits per heavy atom. The first-order valence-corrected chi connectivity index (χ1v) is 8.41. The highest BCUT2D eigenvalue weighted by atomic mass is 16.5. The molecule has 0 radical (unpaired) electrons. The van der Waals surface area contributed by atoms with E-state index in [0.29, 0.717) is 18.1 Å². The van der Waals surface area contributed by atoms with E-state index in [9.17, 15) is 0 Å². The number of rotatable bonds is 4. The highest BCUT2D eigenvalue weighted by Crippen LogP contribution is 2.27. The third kappa shape index (κ3) is 3.58. The van der Waals surface area contributed by atoms with Crippen LogP contribution in [0.1, 0.15) is 45.2 Å². The standard InChI is InChI=1S/C19H26N2O/c1-13(2)11-19-18-8-7-17(12-14(18)9-10-21-19)22-16-5-3-15(20)4-6-16/h7-10,12-13,15-16H,3-6,11,20H2,1-2H3. The fourth-order valence-corrected chi connectivity index (χ4v) is 3.24. The number of benzene rings is 1. The second-order valence-electron chi connectivity index (χ2n) is 6.89. The summed E-state index contributed by atoms with van der Waals surface area (Å²) in [5.74, 6) is 1.58. The Balaban J connectivity index is 1.78. The molecule has 1 aromatic heterocycles. The molecule has 118 valence electrons. The fourth-order valence-electron chi connectivity index (χ4n) is 3.24. The van der Waals surface area contributed by atoms with Gasteiger partial charge in [0.15, 0.2) is 0 Å². The third-order valence-corrected chi connectivity index (χ3v) is 4.44. The van der Waals surface area contributed by atoms with Gasteiger partial charge in [-0.3, -0.25) is 4.98 Å². The summed E-state index contributed by atoms with van der Waals surface area (Å²) >= 11 is 0. The molecule has 0 atom stereocenters. The summed E-state index contributed by atoms with van der Waals surface area (Å²) in [7, 11) is 0. The van der Waals surface area contributed by atoms with E-state index >= 15 is 0 Å². The van der Waals surface area contributed by atoms with Gasteiger partial charge >= 0.3 is 0 Å². The van der Waals surface area contributed by atoms with Gasteiger partial charge in [0.05, 0.1) is 6.10 Å². The minimum Gasteiger partial charge on any atom is -0.490 e. The van der Waals surface area contributed by atoms with E-state index in [2.05, 4.69) is 43.1 Å². The maximum Gasteiger partial charge on any atom is 0.120 e. The molecular weight excluding hydrogens is 272 g/mol. The van der Waals surface area contributed by atoms with Crippen LogP contribution in [0.25, 0.3) is 10.8 Å². The lowest BCUT2D eigenvalue weighted by Gasteiger charge is -2.26. The molecule has 22 heavy (non-hydrogen) atoms. The predicted octanol–water partition coefficient (Wildman–Crippen LogP) is 4.08. The SMILES string of the molecule is CC(C)Cc1nccc2cc(OC3CCC(N)CC3)ccc12. The third-order valence-electron chi connectivity index (χ3n) is 4.44. The van der Waals surface area contributed by atoms with Crippen molar-refractivity contribution < 1.29 is 4.74 Å². The normalized spacial score (nSPS) is 22.2. The Morgan fingerprint density at radius 1 is 1.18 bits per heavy atom. The zero-order valence-corrected chi connectivity index (χ0v) is 13.6. The van der Waals surface area contributed by atoms with Gasteiger partial charge in [-0.1, -0.05) is 13.8 Å². The molecule has 0 saturated heterocycles. The molecule has 0 bridgehead atoms. The molecule has 0 aliphatic heterocycles. The van der Waals surface area contributed by atoms with Crippen molar-refractivity contribution in [3.05, 3.63) is 36.2 Å². The summed E-state index contributed by atoms with van der Waals surface area (Å²) in [6.07, 6.45) is 7.50. The summed E-state index contributed by atoms with van der Waals surface area (Å²) in [5, 5.41) is 2.46.